The first-order valence-electron chi connectivity index (χ1n) is 9.46. The quantitative estimate of drug-likeness (QED) is 0.553. The molecule has 8 heteroatoms. The Labute approximate surface area is 175 Å². The molecule has 0 fully saturated rings. The number of halogens is 4. The monoisotopic (exact) mass is 431 g/mol. The second kappa shape index (κ2) is 8.29. The molecule has 1 heterocycles. The van der Waals surface area contributed by atoms with Crippen LogP contribution >= 0.6 is 0 Å². The van der Waals surface area contributed by atoms with Gasteiger partial charge in [0.25, 0.3) is 5.91 Å². The van der Waals surface area contributed by atoms with Crippen molar-refractivity contribution in [2.75, 3.05) is 6.54 Å². The van der Waals surface area contributed by atoms with Crippen molar-refractivity contribution in [3.63, 3.8) is 0 Å². The molecular weight excluding hydrogens is 414 g/mol. The van der Waals surface area contributed by atoms with E-state index in [0.717, 1.165) is 11.6 Å². The van der Waals surface area contributed by atoms with Gasteiger partial charge in [0.1, 0.15) is 29.2 Å². The number of alkyl halides is 3. The van der Waals surface area contributed by atoms with Gasteiger partial charge in [0, 0.05) is 17.5 Å². The standard InChI is InChI=1S/C23H17F4NO3/c24-17-9-15(8-16(12-17)23(25,26)27)22(29)28-13-20-11-14-10-19(6-7-21(14)31-20)30-18-4-2-1-3-5-18/h1-10,12,20H,11,13H2,(H,28,29). The topological polar surface area (TPSA) is 47.6 Å². The third-order valence-corrected chi connectivity index (χ3v) is 4.73. The number of amides is 1. The number of hydrogen-bond acceptors (Lipinski definition) is 3. The van der Waals surface area contributed by atoms with E-state index in [1.165, 1.54) is 0 Å². The van der Waals surface area contributed by atoms with E-state index < -0.39 is 35.1 Å². The zero-order chi connectivity index (χ0) is 22.0. The maximum absolute atomic E-state index is 13.5. The SMILES string of the molecule is O=C(NCC1Cc2cc(Oc3ccccc3)ccc2O1)c1cc(F)cc(C(F)(F)F)c1. The molecule has 0 aliphatic carbocycles. The molecule has 1 unspecified atom stereocenters. The van der Waals surface area contributed by atoms with E-state index in [9.17, 15) is 22.4 Å². The van der Waals surface area contributed by atoms with E-state index in [0.29, 0.717) is 35.8 Å². The van der Waals surface area contributed by atoms with Crippen LogP contribution in [-0.2, 0) is 12.6 Å². The molecule has 0 saturated heterocycles. The van der Waals surface area contributed by atoms with Gasteiger partial charge in [-0.05, 0) is 48.5 Å². The van der Waals surface area contributed by atoms with Crippen LogP contribution in [0.5, 0.6) is 17.2 Å². The summed E-state index contributed by atoms with van der Waals surface area (Å²) in [4.78, 5) is 12.2. The van der Waals surface area contributed by atoms with Gasteiger partial charge in [-0.25, -0.2) is 4.39 Å². The highest BCUT2D eigenvalue weighted by Crippen LogP contribution is 2.34. The van der Waals surface area contributed by atoms with Gasteiger partial charge in [-0.15, -0.1) is 0 Å². The number of benzene rings is 3. The fourth-order valence-corrected chi connectivity index (χ4v) is 3.29. The Morgan fingerprint density at radius 2 is 1.81 bits per heavy atom. The van der Waals surface area contributed by atoms with Gasteiger partial charge in [0.2, 0.25) is 0 Å². The van der Waals surface area contributed by atoms with Crippen molar-refractivity contribution in [2.45, 2.75) is 18.7 Å². The summed E-state index contributed by atoms with van der Waals surface area (Å²) >= 11 is 0. The number of carbonyl (C=O) groups is 1. The third-order valence-electron chi connectivity index (χ3n) is 4.73. The molecule has 4 rings (SSSR count). The summed E-state index contributed by atoms with van der Waals surface area (Å²) < 4.78 is 63.6. The van der Waals surface area contributed by atoms with Gasteiger partial charge < -0.3 is 14.8 Å². The summed E-state index contributed by atoms with van der Waals surface area (Å²) in [6.45, 7) is 0.0558. The number of rotatable bonds is 5. The van der Waals surface area contributed by atoms with Crippen LogP contribution in [0.4, 0.5) is 17.6 Å². The normalized spacial score (nSPS) is 15.2. The predicted octanol–water partition coefficient (Wildman–Crippen LogP) is 5.37. The summed E-state index contributed by atoms with van der Waals surface area (Å²) in [7, 11) is 0. The smallest absolute Gasteiger partial charge is 0.416 e. The second-order valence-corrected chi connectivity index (χ2v) is 7.06. The van der Waals surface area contributed by atoms with Gasteiger partial charge in [-0.3, -0.25) is 4.79 Å². The van der Waals surface area contributed by atoms with E-state index in [1.54, 1.807) is 12.1 Å². The van der Waals surface area contributed by atoms with Gasteiger partial charge in [0.15, 0.2) is 0 Å². The molecule has 0 aromatic heterocycles. The van der Waals surface area contributed by atoms with Gasteiger partial charge in [0.05, 0.1) is 12.1 Å². The molecule has 1 aliphatic heterocycles. The molecule has 0 bridgehead atoms. The Kier molecular flexibility index (Phi) is 5.54. The summed E-state index contributed by atoms with van der Waals surface area (Å²) in [5, 5.41) is 2.51. The summed E-state index contributed by atoms with van der Waals surface area (Å²) in [5.41, 5.74) is -0.729. The van der Waals surface area contributed by atoms with Crippen LogP contribution in [-0.4, -0.2) is 18.6 Å². The van der Waals surface area contributed by atoms with Crippen molar-refractivity contribution in [3.8, 4) is 17.2 Å². The Morgan fingerprint density at radius 3 is 2.55 bits per heavy atom. The minimum atomic E-state index is -4.74. The number of fused-ring (bicyclic) bond motifs is 1. The average molecular weight is 431 g/mol. The number of ether oxygens (including phenoxy) is 2. The Balaban J connectivity index is 1.37. The summed E-state index contributed by atoms with van der Waals surface area (Å²) in [5.74, 6) is 0.0362. The molecule has 160 valence electrons. The molecule has 1 N–H and O–H groups in total. The lowest BCUT2D eigenvalue weighted by molar-refractivity contribution is -0.137. The average Bonchev–Trinajstić information content (AvgIpc) is 3.14. The van der Waals surface area contributed by atoms with Crippen LogP contribution in [0.2, 0.25) is 0 Å². The molecule has 3 aromatic carbocycles. The first kappa shape index (κ1) is 20.7. The number of carbonyl (C=O) groups excluding carboxylic acids is 1. The zero-order valence-corrected chi connectivity index (χ0v) is 16.1. The highest BCUT2D eigenvalue weighted by Gasteiger charge is 2.32. The molecule has 31 heavy (non-hydrogen) atoms. The highest BCUT2D eigenvalue weighted by molar-refractivity contribution is 5.94. The predicted molar refractivity (Wildman–Crippen MR) is 105 cm³/mol. The van der Waals surface area contributed by atoms with Crippen molar-refractivity contribution < 1.29 is 31.8 Å². The van der Waals surface area contributed by atoms with Crippen molar-refractivity contribution in [3.05, 3.63) is 89.2 Å². The zero-order valence-electron chi connectivity index (χ0n) is 16.1. The molecule has 0 radical (unpaired) electrons. The van der Waals surface area contributed by atoms with Crippen molar-refractivity contribution in [1.82, 2.24) is 5.32 Å². The Morgan fingerprint density at radius 1 is 1.03 bits per heavy atom. The van der Waals surface area contributed by atoms with Crippen LogP contribution in [0.25, 0.3) is 0 Å². The lowest BCUT2D eigenvalue weighted by atomic mass is 10.1. The fraction of sp³-hybridized carbons (Fsp3) is 0.174. The van der Waals surface area contributed by atoms with Crippen LogP contribution in [0.3, 0.4) is 0 Å². The summed E-state index contributed by atoms with van der Waals surface area (Å²) in [6.07, 6.45) is -4.66. The third kappa shape index (κ3) is 4.96. The van der Waals surface area contributed by atoms with Crippen LogP contribution in [0.15, 0.2) is 66.7 Å². The molecule has 1 aliphatic rings. The lowest BCUT2D eigenvalue weighted by Crippen LogP contribution is -2.34. The fourth-order valence-electron chi connectivity index (χ4n) is 3.29. The Bertz CT molecular complexity index is 1100. The lowest BCUT2D eigenvalue weighted by Gasteiger charge is -2.13. The number of hydrogen-bond donors (Lipinski definition) is 1. The molecule has 4 nitrogen and oxygen atoms in total. The van der Waals surface area contributed by atoms with Crippen LogP contribution < -0.4 is 14.8 Å². The molecule has 1 amide bonds. The first-order valence-corrected chi connectivity index (χ1v) is 9.46. The first-order chi connectivity index (χ1) is 14.8. The maximum atomic E-state index is 13.5. The molecule has 0 saturated carbocycles. The largest absolute Gasteiger partial charge is 0.488 e. The summed E-state index contributed by atoms with van der Waals surface area (Å²) in [6, 6.07) is 16.4. The molecule has 0 spiro atoms. The molecule has 1 atom stereocenters. The van der Waals surface area contributed by atoms with E-state index in [-0.39, 0.29) is 6.54 Å². The number of para-hydroxylation sites is 1. The second-order valence-electron chi connectivity index (χ2n) is 7.06. The van der Waals surface area contributed by atoms with E-state index >= 15 is 0 Å². The van der Waals surface area contributed by atoms with Gasteiger partial charge in [-0.2, -0.15) is 13.2 Å². The minimum absolute atomic E-state index is 0.0558. The van der Waals surface area contributed by atoms with Gasteiger partial charge >= 0.3 is 6.18 Å². The van der Waals surface area contributed by atoms with Gasteiger partial charge in [-0.1, -0.05) is 18.2 Å². The highest BCUT2D eigenvalue weighted by atomic mass is 19.4. The van der Waals surface area contributed by atoms with Crippen LogP contribution in [0.1, 0.15) is 21.5 Å². The van der Waals surface area contributed by atoms with E-state index in [2.05, 4.69) is 5.32 Å². The van der Waals surface area contributed by atoms with E-state index in [1.807, 2.05) is 36.4 Å². The van der Waals surface area contributed by atoms with Crippen LogP contribution in [0, 0.1) is 5.82 Å². The Hall–Kier alpha value is -3.55. The van der Waals surface area contributed by atoms with E-state index in [4.69, 9.17) is 9.47 Å². The minimum Gasteiger partial charge on any atom is -0.488 e. The number of nitrogens with one attached hydrogen (secondary N) is 1. The van der Waals surface area contributed by atoms with Crippen molar-refractivity contribution in [1.29, 1.82) is 0 Å². The maximum Gasteiger partial charge on any atom is 0.416 e. The molecule has 3 aromatic rings. The van der Waals surface area contributed by atoms with Crippen molar-refractivity contribution in [2.24, 2.45) is 0 Å². The molecular formula is C23H17F4NO3. The van der Waals surface area contributed by atoms with Crippen molar-refractivity contribution >= 4 is 5.91 Å².